The van der Waals surface area contributed by atoms with Crippen LogP contribution >= 0.6 is 0 Å². The molecule has 164 valence electrons. The van der Waals surface area contributed by atoms with Gasteiger partial charge >= 0.3 is 0 Å². The van der Waals surface area contributed by atoms with Gasteiger partial charge in [0.05, 0.1) is 0 Å². The minimum Gasteiger partial charge on any atom is -0.326 e. The molecule has 0 bridgehead atoms. The number of nitrogens with one attached hydrogen (secondary N) is 2. The predicted octanol–water partition coefficient (Wildman–Crippen LogP) is 4.22. The lowest BCUT2D eigenvalue weighted by Crippen LogP contribution is -2.50. The Morgan fingerprint density at radius 2 is 1.58 bits per heavy atom. The number of nitrogens with zero attached hydrogens (tertiary/aromatic N) is 1. The Hall–Kier alpha value is -3.15. The first kappa shape index (κ1) is 22.5. The van der Waals surface area contributed by atoms with Gasteiger partial charge in [-0.1, -0.05) is 58.0 Å². The van der Waals surface area contributed by atoms with E-state index >= 15 is 0 Å². The fourth-order valence-electron chi connectivity index (χ4n) is 3.67. The molecule has 0 aliphatic carbocycles. The minimum atomic E-state index is -0.574. The number of hydrogen-bond acceptors (Lipinski definition) is 3. The summed E-state index contributed by atoms with van der Waals surface area (Å²) in [5.41, 5.74) is 3.39. The van der Waals surface area contributed by atoms with Crippen molar-refractivity contribution in [2.45, 2.75) is 53.1 Å². The molecular weight excluding hydrogens is 390 g/mol. The van der Waals surface area contributed by atoms with Crippen LogP contribution < -0.4 is 10.6 Å². The number of rotatable bonds is 6. The molecule has 1 aliphatic rings. The van der Waals surface area contributed by atoms with Gasteiger partial charge in [0.15, 0.2) is 0 Å². The highest BCUT2D eigenvalue weighted by molar-refractivity contribution is 5.99. The van der Waals surface area contributed by atoms with Crippen molar-refractivity contribution in [3.05, 3.63) is 59.7 Å². The van der Waals surface area contributed by atoms with Crippen LogP contribution in [0.4, 0.5) is 11.4 Å². The molecule has 0 saturated carbocycles. The molecule has 0 radical (unpaired) electrons. The molecule has 1 aliphatic heterocycles. The molecule has 3 rings (SSSR count). The molecule has 1 heterocycles. The van der Waals surface area contributed by atoms with Gasteiger partial charge in [0, 0.05) is 36.7 Å². The van der Waals surface area contributed by atoms with E-state index in [0.29, 0.717) is 30.8 Å². The Labute approximate surface area is 184 Å². The van der Waals surface area contributed by atoms with Crippen LogP contribution in [0, 0.1) is 11.8 Å². The van der Waals surface area contributed by atoms with Crippen LogP contribution in [-0.4, -0.2) is 28.7 Å². The second-order valence-corrected chi connectivity index (χ2v) is 8.82. The van der Waals surface area contributed by atoms with Crippen molar-refractivity contribution in [3.63, 3.8) is 0 Å². The molecule has 0 saturated heterocycles. The summed E-state index contributed by atoms with van der Waals surface area (Å²) >= 11 is 0. The van der Waals surface area contributed by atoms with E-state index in [2.05, 4.69) is 10.6 Å². The Kier molecular flexibility index (Phi) is 7.10. The van der Waals surface area contributed by atoms with Gasteiger partial charge < -0.3 is 15.5 Å². The summed E-state index contributed by atoms with van der Waals surface area (Å²) in [6.45, 7) is 8.09. The molecule has 0 spiro atoms. The van der Waals surface area contributed by atoms with Crippen LogP contribution in [0.1, 0.15) is 45.2 Å². The molecule has 31 heavy (non-hydrogen) atoms. The van der Waals surface area contributed by atoms with Crippen LogP contribution in [0.3, 0.4) is 0 Å². The lowest BCUT2D eigenvalue weighted by Gasteiger charge is -2.36. The maximum atomic E-state index is 13.2. The molecule has 0 fully saturated rings. The molecule has 2 aromatic carbocycles. The van der Waals surface area contributed by atoms with Gasteiger partial charge in [0.2, 0.25) is 17.7 Å². The number of carbonyl (C=O) groups excluding carboxylic acids is 3. The number of fused-ring (bicyclic) bond motifs is 1. The Morgan fingerprint density at radius 1 is 0.935 bits per heavy atom. The number of carbonyl (C=O) groups is 3. The fraction of sp³-hybridized carbons (Fsp3) is 0.400. The van der Waals surface area contributed by atoms with E-state index in [9.17, 15) is 14.4 Å². The van der Waals surface area contributed by atoms with E-state index in [-0.39, 0.29) is 29.6 Å². The zero-order chi connectivity index (χ0) is 22.5. The molecule has 2 aromatic rings. The average molecular weight is 422 g/mol. The smallest absolute Gasteiger partial charge is 0.247 e. The van der Waals surface area contributed by atoms with Crippen LogP contribution in [0.15, 0.2) is 48.5 Å². The lowest BCUT2D eigenvalue weighted by atomic mass is 9.92. The minimum absolute atomic E-state index is 0.0115. The number of anilines is 2. The van der Waals surface area contributed by atoms with Crippen molar-refractivity contribution >= 4 is 29.1 Å². The number of hydrogen-bond donors (Lipinski definition) is 2. The van der Waals surface area contributed by atoms with Crippen LogP contribution in [-0.2, 0) is 27.3 Å². The molecule has 1 unspecified atom stereocenters. The van der Waals surface area contributed by atoms with E-state index in [1.165, 1.54) is 0 Å². The first-order valence-electron chi connectivity index (χ1n) is 10.8. The maximum absolute atomic E-state index is 13.2. The third kappa shape index (κ3) is 5.72. The van der Waals surface area contributed by atoms with Crippen molar-refractivity contribution in [2.75, 3.05) is 10.6 Å². The first-order valence-corrected chi connectivity index (χ1v) is 10.8. The highest BCUT2D eigenvalue weighted by atomic mass is 16.2. The van der Waals surface area contributed by atoms with E-state index in [1.54, 1.807) is 29.2 Å². The van der Waals surface area contributed by atoms with Crippen molar-refractivity contribution in [1.82, 2.24) is 4.90 Å². The van der Waals surface area contributed by atoms with Crippen LogP contribution in [0.25, 0.3) is 0 Å². The first-order chi connectivity index (χ1) is 14.7. The summed E-state index contributed by atoms with van der Waals surface area (Å²) in [4.78, 5) is 39.8. The zero-order valence-corrected chi connectivity index (χ0v) is 18.6. The Morgan fingerprint density at radius 3 is 2.23 bits per heavy atom. The van der Waals surface area contributed by atoms with Crippen LogP contribution in [0.2, 0.25) is 0 Å². The summed E-state index contributed by atoms with van der Waals surface area (Å²) in [6.07, 6.45) is 0.887. The normalized spacial score (nSPS) is 15.5. The topological polar surface area (TPSA) is 78.5 Å². The molecule has 3 amide bonds. The summed E-state index contributed by atoms with van der Waals surface area (Å²) < 4.78 is 0. The number of benzene rings is 2. The molecule has 6 nitrogen and oxygen atoms in total. The third-order valence-corrected chi connectivity index (χ3v) is 5.38. The van der Waals surface area contributed by atoms with E-state index in [1.807, 2.05) is 52.0 Å². The average Bonchev–Trinajstić information content (AvgIpc) is 2.72. The molecule has 2 N–H and O–H groups in total. The van der Waals surface area contributed by atoms with Gasteiger partial charge in [-0.3, -0.25) is 14.4 Å². The predicted molar refractivity (Wildman–Crippen MR) is 122 cm³/mol. The number of amides is 3. The van der Waals surface area contributed by atoms with Crippen molar-refractivity contribution in [1.29, 1.82) is 0 Å². The van der Waals surface area contributed by atoms with Crippen molar-refractivity contribution in [2.24, 2.45) is 11.8 Å². The Balaban J connectivity index is 1.79. The second-order valence-electron chi connectivity index (χ2n) is 8.82. The molecule has 6 heteroatoms. The van der Waals surface area contributed by atoms with E-state index in [0.717, 1.165) is 11.1 Å². The summed E-state index contributed by atoms with van der Waals surface area (Å²) in [7, 11) is 0. The maximum Gasteiger partial charge on any atom is 0.247 e. The SMILES string of the molecule is CC(C)CC(=O)N1Cc2ccccc2CC1C(=O)Nc1cccc(NC(=O)C(C)C)c1. The molecular formula is C25H31N3O3. The zero-order valence-electron chi connectivity index (χ0n) is 18.6. The second kappa shape index (κ2) is 9.77. The van der Waals surface area contributed by atoms with E-state index < -0.39 is 6.04 Å². The van der Waals surface area contributed by atoms with Gasteiger partial charge in [-0.25, -0.2) is 0 Å². The van der Waals surface area contributed by atoms with Gasteiger partial charge in [-0.2, -0.15) is 0 Å². The van der Waals surface area contributed by atoms with Gasteiger partial charge in [0.1, 0.15) is 6.04 Å². The van der Waals surface area contributed by atoms with Crippen molar-refractivity contribution in [3.8, 4) is 0 Å². The Bertz CT molecular complexity index is 968. The quantitative estimate of drug-likeness (QED) is 0.733. The highest BCUT2D eigenvalue weighted by Gasteiger charge is 2.34. The van der Waals surface area contributed by atoms with Crippen LogP contribution in [0.5, 0.6) is 0 Å². The highest BCUT2D eigenvalue weighted by Crippen LogP contribution is 2.26. The fourth-order valence-corrected chi connectivity index (χ4v) is 3.67. The lowest BCUT2D eigenvalue weighted by molar-refractivity contribution is -0.140. The largest absolute Gasteiger partial charge is 0.326 e. The monoisotopic (exact) mass is 421 g/mol. The van der Waals surface area contributed by atoms with Gasteiger partial charge in [0.25, 0.3) is 0 Å². The van der Waals surface area contributed by atoms with Crippen molar-refractivity contribution < 1.29 is 14.4 Å². The summed E-state index contributed by atoms with van der Waals surface area (Å²) in [5, 5.41) is 5.78. The van der Waals surface area contributed by atoms with Gasteiger partial charge in [-0.15, -0.1) is 0 Å². The van der Waals surface area contributed by atoms with Gasteiger partial charge in [-0.05, 0) is 35.2 Å². The third-order valence-electron chi connectivity index (χ3n) is 5.38. The summed E-state index contributed by atoms with van der Waals surface area (Å²) in [6, 6.07) is 14.4. The van der Waals surface area contributed by atoms with E-state index in [4.69, 9.17) is 0 Å². The standard InChI is InChI=1S/C25H31N3O3/c1-16(2)12-23(29)28-15-19-9-6-5-8-18(19)13-22(28)25(31)27-21-11-7-10-20(14-21)26-24(30)17(3)4/h5-11,14,16-17,22H,12-13,15H2,1-4H3,(H,26,30)(H,27,31). The molecule has 0 aromatic heterocycles. The summed E-state index contributed by atoms with van der Waals surface area (Å²) in [5.74, 6) is -0.241. The molecule has 1 atom stereocenters.